The molecule has 0 unspecified atom stereocenters. The summed E-state index contributed by atoms with van der Waals surface area (Å²) in [5, 5.41) is 0. The Morgan fingerprint density at radius 2 is 1.43 bits per heavy atom. The van der Waals surface area contributed by atoms with Gasteiger partial charge in [-0.05, 0) is 30.2 Å². The minimum atomic E-state index is 1.02. The van der Waals surface area contributed by atoms with E-state index in [1.54, 1.807) is 11.3 Å². The Balaban J connectivity index is 2.06. The molecule has 0 radical (unpaired) electrons. The molecule has 4 rings (SSSR count). The Morgan fingerprint density at radius 1 is 0.826 bits per heavy atom. The average molecular weight is 317 g/mol. The van der Waals surface area contributed by atoms with Gasteiger partial charge in [-0.2, -0.15) is 4.40 Å². The fraction of sp³-hybridized carbons (Fsp3) is 0.100. The fourth-order valence-electron chi connectivity index (χ4n) is 2.82. The van der Waals surface area contributed by atoms with Crippen LogP contribution < -0.4 is 4.40 Å². The zero-order valence-electron chi connectivity index (χ0n) is 13.2. The van der Waals surface area contributed by atoms with Crippen LogP contribution in [0.1, 0.15) is 10.6 Å². The van der Waals surface area contributed by atoms with E-state index < -0.39 is 0 Å². The molecule has 0 N–H and O–H groups in total. The summed E-state index contributed by atoms with van der Waals surface area (Å²) >= 11 is 1.75. The van der Waals surface area contributed by atoms with Gasteiger partial charge in [-0.25, -0.2) is 0 Å². The average Bonchev–Trinajstić information content (AvgIpc) is 2.90. The van der Waals surface area contributed by atoms with Gasteiger partial charge >= 0.3 is 4.96 Å². The fourth-order valence-corrected chi connectivity index (χ4v) is 3.80. The lowest BCUT2D eigenvalue weighted by Crippen LogP contribution is -2.27. The molecule has 2 heterocycles. The van der Waals surface area contributed by atoms with Crippen molar-refractivity contribution in [3.63, 3.8) is 0 Å². The number of aromatic nitrogens is 2. The van der Waals surface area contributed by atoms with Crippen LogP contribution in [0.2, 0.25) is 0 Å². The second-order valence-corrected chi connectivity index (χ2v) is 6.80. The molecule has 0 aliphatic rings. The maximum Gasteiger partial charge on any atom is 0.388 e. The Kier molecular flexibility index (Phi) is 3.43. The number of aryl methyl sites for hydroxylation is 2. The van der Waals surface area contributed by atoms with Gasteiger partial charge in [0.2, 0.25) is 0 Å². The summed E-state index contributed by atoms with van der Waals surface area (Å²) < 4.78 is 2.27. The highest BCUT2D eigenvalue weighted by molar-refractivity contribution is 7.16. The first-order valence-electron chi connectivity index (χ1n) is 7.67. The lowest BCUT2D eigenvalue weighted by molar-refractivity contribution is -0.505. The molecule has 3 heteroatoms. The molecular weight excluding hydrogens is 300 g/mol. The third-order valence-electron chi connectivity index (χ3n) is 4.15. The number of thiazole rings is 1. The summed E-state index contributed by atoms with van der Waals surface area (Å²) in [6, 6.07) is 23.1. The summed E-state index contributed by atoms with van der Waals surface area (Å²) in [6.07, 6.45) is 0. The standard InChI is InChI=1S/C20H17N2S/c1-14-15(2)23-20-21-18(16-9-5-3-6-10-16)13-19(22(14)20)17-11-7-4-8-12-17/h3-13H,1-2H3/q+1. The second-order valence-electron chi connectivity index (χ2n) is 5.62. The van der Waals surface area contributed by atoms with Crippen LogP contribution in [0.5, 0.6) is 0 Å². The number of nitrogens with zero attached hydrogens (tertiary/aromatic N) is 2. The molecule has 2 nitrogen and oxygen atoms in total. The highest BCUT2D eigenvalue weighted by atomic mass is 32.1. The highest BCUT2D eigenvalue weighted by Crippen LogP contribution is 2.26. The van der Waals surface area contributed by atoms with Gasteiger partial charge in [-0.3, -0.25) is 0 Å². The molecule has 2 aromatic heterocycles. The molecular formula is C20H17N2S+. The number of hydrogen-bond donors (Lipinski definition) is 0. The molecule has 2 aromatic carbocycles. The van der Waals surface area contributed by atoms with Crippen LogP contribution in [0.4, 0.5) is 0 Å². The predicted molar refractivity (Wildman–Crippen MR) is 95.6 cm³/mol. The van der Waals surface area contributed by atoms with Gasteiger partial charge in [0, 0.05) is 17.2 Å². The van der Waals surface area contributed by atoms with Gasteiger partial charge in [-0.1, -0.05) is 60.7 Å². The smallest absolute Gasteiger partial charge is 0.183 e. The van der Waals surface area contributed by atoms with E-state index in [4.69, 9.17) is 4.98 Å². The van der Waals surface area contributed by atoms with Gasteiger partial charge in [0.05, 0.1) is 4.88 Å². The molecule has 0 saturated carbocycles. The van der Waals surface area contributed by atoms with Gasteiger partial charge < -0.3 is 0 Å². The molecule has 0 spiro atoms. The molecule has 0 aliphatic heterocycles. The summed E-state index contributed by atoms with van der Waals surface area (Å²) in [6.45, 7) is 4.32. The van der Waals surface area contributed by atoms with Crippen molar-refractivity contribution < 1.29 is 4.40 Å². The molecule has 4 aromatic rings. The second kappa shape index (κ2) is 5.60. The van der Waals surface area contributed by atoms with Crippen molar-refractivity contribution in [3.05, 3.63) is 77.3 Å². The van der Waals surface area contributed by atoms with E-state index in [0.29, 0.717) is 0 Å². The van der Waals surface area contributed by atoms with Crippen molar-refractivity contribution in [1.82, 2.24) is 4.98 Å². The molecule has 0 saturated heterocycles. The normalized spacial score (nSPS) is 11.0. The van der Waals surface area contributed by atoms with Crippen LogP contribution in [-0.2, 0) is 0 Å². The largest absolute Gasteiger partial charge is 0.388 e. The topological polar surface area (TPSA) is 17.0 Å². The Labute approximate surface area is 139 Å². The molecule has 0 atom stereocenters. The quantitative estimate of drug-likeness (QED) is 0.484. The monoisotopic (exact) mass is 317 g/mol. The Hall–Kier alpha value is -2.52. The van der Waals surface area contributed by atoms with E-state index in [1.807, 2.05) is 6.07 Å². The predicted octanol–water partition coefficient (Wildman–Crippen LogP) is 4.83. The van der Waals surface area contributed by atoms with E-state index in [9.17, 15) is 0 Å². The first-order chi connectivity index (χ1) is 11.2. The number of rotatable bonds is 2. The maximum atomic E-state index is 4.89. The zero-order valence-corrected chi connectivity index (χ0v) is 14.0. The van der Waals surface area contributed by atoms with Crippen molar-refractivity contribution >= 4 is 16.3 Å². The van der Waals surface area contributed by atoms with Crippen molar-refractivity contribution in [2.45, 2.75) is 13.8 Å². The number of fused-ring (bicyclic) bond motifs is 1. The van der Waals surface area contributed by atoms with E-state index in [2.05, 4.69) is 78.9 Å². The van der Waals surface area contributed by atoms with Crippen molar-refractivity contribution in [2.75, 3.05) is 0 Å². The van der Waals surface area contributed by atoms with Crippen LogP contribution >= 0.6 is 11.3 Å². The van der Waals surface area contributed by atoms with Gasteiger partial charge in [-0.15, -0.1) is 0 Å². The van der Waals surface area contributed by atoms with E-state index in [0.717, 1.165) is 16.2 Å². The Bertz CT molecular complexity index is 973. The van der Waals surface area contributed by atoms with E-state index in [1.165, 1.54) is 21.8 Å². The van der Waals surface area contributed by atoms with Crippen LogP contribution in [0.25, 0.3) is 27.5 Å². The summed E-state index contributed by atoms with van der Waals surface area (Å²) in [5.41, 5.74) is 5.83. The third-order valence-corrected chi connectivity index (χ3v) is 5.21. The molecule has 0 fully saturated rings. The lowest BCUT2D eigenvalue weighted by Gasteiger charge is -2.03. The van der Waals surface area contributed by atoms with E-state index >= 15 is 0 Å². The maximum absolute atomic E-state index is 4.89. The summed E-state index contributed by atoms with van der Waals surface area (Å²) in [4.78, 5) is 7.24. The van der Waals surface area contributed by atoms with Gasteiger partial charge in [0.15, 0.2) is 5.69 Å². The molecule has 0 amide bonds. The molecule has 112 valence electrons. The van der Waals surface area contributed by atoms with Crippen LogP contribution in [-0.4, -0.2) is 4.98 Å². The third kappa shape index (κ3) is 2.43. The van der Waals surface area contributed by atoms with Crippen LogP contribution in [0.3, 0.4) is 0 Å². The minimum Gasteiger partial charge on any atom is -0.183 e. The molecule has 0 aliphatic carbocycles. The van der Waals surface area contributed by atoms with Crippen LogP contribution in [0.15, 0.2) is 66.7 Å². The van der Waals surface area contributed by atoms with Gasteiger partial charge in [0.1, 0.15) is 11.4 Å². The SMILES string of the molecule is Cc1sc2nc(-c3ccccc3)cc(-c3ccccc3)[n+]2c1C. The van der Waals surface area contributed by atoms with Crippen molar-refractivity contribution in [1.29, 1.82) is 0 Å². The first kappa shape index (κ1) is 14.1. The van der Waals surface area contributed by atoms with Crippen molar-refractivity contribution in [3.8, 4) is 22.5 Å². The van der Waals surface area contributed by atoms with Gasteiger partial charge in [0.25, 0.3) is 0 Å². The van der Waals surface area contributed by atoms with Crippen LogP contribution in [0, 0.1) is 13.8 Å². The van der Waals surface area contributed by atoms with E-state index in [-0.39, 0.29) is 0 Å². The minimum absolute atomic E-state index is 1.02. The first-order valence-corrected chi connectivity index (χ1v) is 8.49. The Morgan fingerprint density at radius 3 is 2.09 bits per heavy atom. The summed E-state index contributed by atoms with van der Waals surface area (Å²) in [7, 11) is 0. The van der Waals surface area contributed by atoms with Crippen molar-refractivity contribution in [2.24, 2.45) is 0 Å². The number of hydrogen-bond acceptors (Lipinski definition) is 2. The molecule has 23 heavy (non-hydrogen) atoms. The molecule has 0 bridgehead atoms. The zero-order chi connectivity index (χ0) is 15.8. The lowest BCUT2D eigenvalue weighted by atomic mass is 10.1. The highest BCUT2D eigenvalue weighted by Gasteiger charge is 2.22. The summed E-state index contributed by atoms with van der Waals surface area (Å²) in [5.74, 6) is 0. The number of benzene rings is 2.